The van der Waals surface area contributed by atoms with Crippen molar-refractivity contribution in [1.82, 2.24) is 0 Å². The third kappa shape index (κ3) is 2.98. The van der Waals surface area contributed by atoms with Crippen LogP contribution in [0.4, 0.5) is 0 Å². The average Bonchev–Trinajstić information content (AvgIpc) is 2.94. The average molecular weight is 417 g/mol. The number of hydrogen-bond donors (Lipinski definition) is 0. The molecule has 166 valence electrons. The van der Waals surface area contributed by atoms with Gasteiger partial charge in [-0.05, 0) is 75.0 Å². The molecule has 0 aromatic carbocycles. The highest BCUT2D eigenvalue weighted by molar-refractivity contribution is 5.89. The second-order valence-electron chi connectivity index (χ2n) is 10.7. The third-order valence-electron chi connectivity index (χ3n) is 9.40. The van der Waals surface area contributed by atoms with E-state index in [1.165, 1.54) is 19.4 Å². The highest BCUT2D eigenvalue weighted by Crippen LogP contribution is 2.68. The molecule has 3 saturated carbocycles. The second-order valence-corrected chi connectivity index (χ2v) is 10.7. The smallest absolute Gasteiger partial charge is 0.303 e. The number of carbonyl (C=O) groups is 3. The van der Waals surface area contributed by atoms with Crippen molar-refractivity contribution in [3.63, 3.8) is 0 Å². The molecule has 4 aliphatic carbocycles. The summed E-state index contributed by atoms with van der Waals surface area (Å²) >= 11 is 0. The fourth-order valence-electron chi connectivity index (χ4n) is 8.02. The number of Topliss-reactive ketones (excluding diaryl/α,β-unsaturated/α-hetero) is 1. The molecule has 0 bridgehead atoms. The minimum atomic E-state index is -0.966. The van der Waals surface area contributed by atoms with E-state index in [0.29, 0.717) is 24.2 Å². The van der Waals surface area contributed by atoms with E-state index in [9.17, 15) is 14.4 Å². The lowest BCUT2D eigenvalue weighted by Crippen LogP contribution is -2.58. The van der Waals surface area contributed by atoms with Crippen LogP contribution in [0.15, 0.2) is 11.6 Å². The molecule has 3 fully saturated rings. The lowest BCUT2D eigenvalue weighted by atomic mass is 9.46. The predicted octanol–water partition coefficient (Wildman–Crippen LogP) is 4.77. The maximum absolute atomic E-state index is 12.8. The van der Waals surface area contributed by atoms with E-state index in [1.54, 1.807) is 6.92 Å². The van der Waals surface area contributed by atoms with E-state index in [0.717, 1.165) is 44.9 Å². The Morgan fingerprint density at radius 2 is 1.63 bits per heavy atom. The van der Waals surface area contributed by atoms with Crippen LogP contribution in [0.25, 0.3) is 0 Å². The number of ether oxygens (including phenoxy) is 2. The largest absolute Gasteiger partial charge is 0.462 e. The SMILES string of the molecule is CC(=O)O[C@@H]1CC[C@@]2(C)C(=CC[C@@H]3[C@@H]2CC[C@@]2(C)[C@H]3CC[C@]2(OC(C)=O)C(C)=O)C1. The Bertz CT molecular complexity index is 799. The number of carbonyl (C=O) groups excluding carboxylic acids is 3. The molecule has 5 heteroatoms. The number of hydrogen-bond acceptors (Lipinski definition) is 5. The van der Waals surface area contributed by atoms with E-state index in [-0.39, 0.29) is 34.7 Å². The molecule has 0 amide bonds. The number of ketones is 1. The van der Waals surface area contributed by atoms with Gasteiger partial charge in [-0.15, -0.1) is 0 Å². The molecule has 4 rings (SSSR count). The molecule has 0 heterocycles. The Hall–Kier alpha value is -1.65. The van der Waals surface area contributed by atoms with Crippen LogP contribution in [0.3, 0.4) is 0 Å². The fourth-order valence-corrected chi connectivity index (χ4v) is 8.02. The maximum Gasteiger partial charge on any atom is 0.303 e. The molecule has 30 heavy (non-hydrogen) atoms. The predicted molar refractivity (Wildman–Crippen MR) is 112 cm³/mol. The van der Waals surface area contributed by atoms with Gasteiger partial charge in [-0.3, -0.25) is 14.4 Å². The minimum Gasteiger partial charge on any atom is -0.462 e. The molecule has 0 unspecified atom stereocenters. The summed E-state index contributed by atoms with van der Waals surface area (Å²) in [5.74, 6) is 0.939. The van der Waals surface area contributed by atoms with Crippen molar-refractivity contribution in [3.05, 3.63) is 11.6 Å². The molecule has 0 N–H and O–H groups in total. The van der Waals surface area contributed by atoms with Crippen LogP contribution in [0, 0.1) is 28.6 Å². The van der Waals surface area contributed by atoms with Gasteiger partial charge in [-0.1, -0.05) is 25.5 Å². The summed E-state index contributed by atoms with van der Waals surface area (Å²) in [5.41, 5.74) is 0.346. The van der Waals surface area contributed by atoms with Gasteiger partial charge in [0, 0.05) is 25.7 Å². The molecule has 0 aliphatic heterocycles. The summed E-state index contributed by atoms with van der Waals surface area (Å²) in [5, 5.41) is 0. The zero-order valence-electron chi connectivity index (χ0n) is 19.1. The Morgan fingerprint density at radius 3 is 2.27 bits per heavy atom. The highest BCUT2D eigenvalue weighted by atomic mass is 16.6. The van der Waals surface area contributed by atoms with Gasteiger partial charge in [0.1, 0.15) is 6.10 Å². The first-order valence-corrected chi connectivity index (χ1v) is 11.6. The van der Waals surface area contributed by atoms with E-state index >= 15 is 0 Å². The molecule has 0 radical (unpaired) electrons. The van der Waals surface area contributed by atoms with Crippen molar-refractivity contribution in [2.24, 2.45) is 28.6 Å². The molecule has 4 aliphatic rings. The zero-order chi connectivity index (χ0) is 21.9. The molecular weight excluding hydrogens is 380 g/mol. The molecular formula is C25H36O5. The molecule has 0 aromatic heterocycles. The summed E-state index contributed by atoms with van der Waals surface area (Å²) in [6.07, 6.45) is 9.81. The van der Waals surface area contributed by atoms with Crippen LogP contribution in [0.2, 0.25) is 0 Å². The quantitative estimate of drug-likeness (QED) is 0.489. The lowest BCUT2D eigenvalue weighted by molar-refractivity contribution is -0.186. The number of allylic oxidation sites excluding steroid dienone is 1. The van der Waals surface area contributed by atoms with Gasteiger partial charge in [-0.2, -0.15) is 0 Å². The van der Waals surface area contributed by atoms with Gasteiger partial charge < -0.3 is 9.47 Å². The summed E-state index contributed by atoms with van der Waals surface area (Å²) in [6.45, 7) is 9.11. The third-order valence-corrected chi connectivity index (χ3v) is 9.40. The molecule has 0 spiro atoms. The van der Waals surface area contributed by atoms with Crippen LogP contribution in [0.5, 0.6) is 0 Å². The van der Waals surface area contributed by atoms with Crippen LogP contribution < -0.4 is 0 Å². The number of rotatable bonds is 3. The van der Waals surface area contributed by atoms with Crippen molar-refractivity contribution >= 4 is 17.7 Å². The van der Waals surface area contributed by atoms with Crippen molar-refractivity contribution in [2.45, 2.75) is 97.7 Å². The first-order chi connectivity index (χ1) is 14.0. The van der Waals surface area contributed by atoms with Crippen molar-refractivity contribution < 1.29 is 23.9 Å². The standard InChI is InChI=1S/C25H36O5/c1-15(26)25(30-17(3)28)13-10-22-20-7-6-18-14-19(29-16(2)27)8-11-23(18,4)21(20)9-12-24(22,25)5/h6,19-22H,7-14H2,1-5H3/t19-,20-,21+,22+,23+,24+,25+/m1/s1. The number of fused-ring (bicyclic) bond motifs is 5. The van der Waals surface area contributed by atoms with Gasteiger partial charge >= 0.3 is 11.9 Å². The van der Waals surface area contributed by atoms with Gasteiger partial charge in [0.15, 0.2) is 11.4 Å². The first-order valence-electron chi connectivity index (χ1n) is 11.6. The van der Waals surface area contributed by atoms with Crippen LogP contribution >= 0.6 is 0 Å². The molecule has 0 saturated heterocycles. The first kappa shape index (κ1) is 21.6. The second kappa shape index (κ2) is 7.20. The van der Waals surface area contributed by atoms with Crippen molar-refractivity contribution in [3.8, 4) is 0 Å². The molecule has 7 atom stereocenters. The highest BCUT2D eigenvalue weighted by Gasteiger charge is 2.67. The Balaban J connectivity index is 1.63. The van der Waals surface area contributed by atoms with Crippen molar-refractivity contribution in [2.75, 3.05) is 0 Å². The lowest BCUT2D eigenvalue weighted by Gasteiger charge is -2.59. The Labute approximate surface area is 179 Å². The monoisotopic (exact) mass is 416 g/mol. The van der Waals surface area contributed by atoms with Gasteiger partial charge in [0.2, 0.25) is 0 Å². The van der Waals surface area contributed by atoms with Crippen LogP contribution in [-0.4, -0.2) is 29.4 Å². The summed E-state index contributed by atoms with van der Waals surface area (Å²) < 4.78 is 11.4. The minimum absolute atomic E-state index is 0.00120. The van der Waals surface area contributed by atoms with Gasteiger partial charge in [0.05, 0.1) is 0 Å². The Kier molecular flexibility index (Phi) is 5.18. The normalized spacial score (nSPS) is 44.8. The van der Waals surface area contributed by atoms with E-state index in [1.807, 2.05) is 0 Å². The molecule has 5 nitrogen and oxygen atoms in total. The van der Waals surface area contributed by atoms with Gasteiger partial charge in [-0.25, -0.2) is 0 Å². The van der Waals surface area contributed by atoms with E-state index in [2.05, 4.69) is 19.9 Å². The molecule has 0 aromatic rings. The fraction of sp³-hybridized carbons (Fsp3) is 0.800. The Morgan fingerprint density at radius 1 is 0.933 bits per heavy atom. The van der Waals surface area contributed by atoms with Gasteiger partial charge in [0.25, 0.3) is 0 Å². The van der Waals surface area contributed by atoms with E-state index < -0.39 is 5.60 Å². The van der Waals surface area contributed by atoms with E-state index in [4.69, 9.17) is 9.47 Å². The van der Waals surface area contributed by atoms with Crippen molar-refractivity contribution in [1.29, 1.82) is 0 Å². The number of esters is 2. The summed E-state index contributed by atoms with van der Waals surface area (Å²) in [7, 11) is 0. The summed E-state index contributed by atoms with van der Waals surface area (Å²) in [4.78, 5) is 36.2. The zero-order valence-corrected chi connectivity index (χ0v) is 19.1. The van der Waals surface area contributed by atoms with Crippen LogP contribution in [0.1, 0.15) is 86.0 Å². The van der Waals surface area contributed by atoms with Crippen LogP contribution in [-0.2, 0) is 23.9 Å². The summed E-state index contributed by atoms with van der Waals surface area (Å²) in [6, 6.07) is 0. The topological polar surface area (TPSA) is 69.7 Å². The maximum atomic E-state index is 12.8.